The third-order valence-electron chi connectivity index (χ3n) is 5.79. The standard InChI is InChI=1S/C22H24F2N4O2.CH4/c1-27(17-8-10-28(11-9-17)21(29)14-2-3-14)22(30)26-16-5-7-20(25-13-16)18-12-15(23)4-6-19(18)24;/h4-7,12-14,17H,2-3,8-11H2,1H3,(H,26,30);1H4. The van der Waals surface area contributed by atoms with Gasteiger partial charge in [-0.05, 0) is 56.0 Å². The Kier molecular flexibility index (Phi) is 6.87. The van der Waals surface area contributed by atoms with E-state index in [1.165, 1.54) is 12.3 Å². The fourth-order valence-electron chi connectivity index (χ4n) is 3.76. The molecule has 0 radical (unpaired) electrons. The summed E-state index contributed by atoms with van der Waals surface area (Å²) >= 11 is 0. The minimum Gasteiger partial charge on any atom is -0.342 e. The Morgan fingerprint density at radius 3 is 2.42 bits per heavy atom. The molecular formula is C23H28F2N4O2. The van der Waals surface area contributed by atoms with Gasteiger partial charge in [0.2, 0.25) is 5.91 Å². The second kappa shape index (κ2) is 9.41. The lowest BCUT2D eigenvalue weighted by Crippen LogP contribution is -2.48. The zero-order chi connectivity index (χ0) is 21.3. The molecule has 4 rings (SSSR count). The van der Waals surface area contributed by atoms with E-state index in [-0.39, 0.29) is 42.6 Å². The van der Waals surface area contributed by atoms with E-state index in [1.54, 1.807) is 18.0 Å². The maximum absolute atomic E-state index is 13.9. The first-order valence-electron chi connectivity index (χ1n) is 10.2. The van der Waals surface area contributed by atoms with Gasteiger partial charge in [-0.2, -0.15) is 0 Å². The highest BCUT2D eigenvalue weighted by atomic mass is 19.1. The van der Waals surface area contributed by atoms with Gasteiger partial charge in [-0.25, -0.2) is 13.6 Å². The molecule has 0 spiro atoms. The highest BCUT2D eigenvalue weighted by Gasteiger charge is 2.35. The van der Waals surface area contributed by atoms with E-state index in [2.05, 4.69) is 10.3 Å². The predicted molar refractivity (Wildman–Crippen MR) is 115 cm³/mol. The molecule has 0 atom stereocenters. The number of carbonyl (C=O) groups is 2. The van der Waals surface area contributed by atoms with Gasteiger partial charge in [0.05, 0.1) is 17.6 Å². The maximum Gasteiger partial charge on any atom is 0.321 e. The number of rotatable bonds is 4. The summed E-state index contributed by atoms with van der Waals surface area (Å²) in [7, 11) is 1.74. The van der Waals surface area contributed by atoms with Crippen molar-refractivity contribution in [3.8, 4) is 11.3 Å². The van der Waals surface area contributed by atoms with E-state index in [1.807, 2.05) is 4.90 Å². The second-order valence-electron chi connectivity index (χ2n) is 7.93. The van der Waals surface area contributed by atoms with Gasteiger partial charge in [0, 0.05) is 37.7 Å². The molecule has 6 nitrogen and oxygen atoms in total. The number of amides is 3. The maximum atomic E-state index is 13.9. The molecule has 1 saturated heterocycles. The van der Waals surface area contributed by atoms with Crippen LogP contribution in [0.4, 0.5) is 19.3 Å². The Bertz CT molecular complexity index is 939. The quantitative estimate of drug-likeness (QED) is 0.775. The fourth-order valence-corrected chi connectivity index (χ4v) is 3.76. The smallest absolute Gasteiger partial charge is 0.321 e. The Labute approximate surface area is 181 Å². The molecule has 1 aromatic carbocycles. The normalized spacial score (nSPS) is 16.4. The molecule has 1 aliphatic heterocycles. The number of hydrogen-bond acceptors (Lipinski definition) is 3. The van der Waals surface area contributed by atoms with Crippen LogP contribution in [0.5, 0.6) is 0 Å². The van der Waals surface area contributed by atoms with Crippen molar-refractivity contribution in [2.45, 2.75) is 39.2 Å². The van der Waals surface area contributed by atoms with Crippen molar-refractivity contribution in [2.24, 2.45) is 5.92 Å². The molecule has 0 unspecified atom stereocenters. The first-order chi connectivity index (χ1) is 14.4. The van der Waals surface area contributed by atoms with E-state index in [9.17, 15) is 18.4 Å². The molecule has 1 saturated carbocycles. The Morgan fingerprint density at radius 2 is 1.81 bits per heavy atom. The zero-order valence-corrected chi connectivity index (χ0v) is 16.8. The van der Waals surface area contributed by atoms with Crippen LogP contribution in [-0.4, -0.2) is 52.9 Å². The first-order valence-corrected chi connectivity index (χ1v) is 10.2. The SMILES string of the molecule is C.CN(C(=O)Nc1ccc(-c2cc(F)ccc2F)nc1)C1CCN(C(=O)C2CC2)CC1. The molecule has 2 fully saturated rings. The minimum atomic E-state index is -0.563. The number of hydrogen-bond donors (Lipinski definition) is 1. The Balaban J connectivity index is 0.00000272. The zero-order valence-electron chi connectivity index (χ0n) is 16.8. The summed E-state index contributed by atoms with van der Waals surface area (Å²) in [5.74, 6) is -0.635. The average Bonchev–Trinajstić information content (AvgIpc) is 3.60. The molecule has 31 heavy (non-hydrogen) atoms. The van der Waals surface area contributed by atoms with Crippen molar-refractivity contribution in [3.63, 3.8) is 0 Å². The van der Waals surface area contributed by atoms with Crippen molar-refractivity contribution < 1.29 is 18.4 Å². The highest BCUT2D eigenvalue weighted by molar-refractivity contribution is 5.89. The molecule has 166 valence electrons. The van der Waals surface area contributed by atoms with E-state index in [4.69, 9.17) is 0 Å². The van der Waals surface area contributed by atoms with Crippen molar-refractivity contribution in [2.75, 3.05) is 25.5 Å². The van der Waals surface area contributed by atoms with Crippen molar-refractivity contribution in [1.29, 1.82) is 0 Å². The van der Waals surface area contributed by atoms with E-state index >= 15 is 0 Å². The van der Waals surface area contributed by atoms with Gasteiger partial charge < -0.3 is 15.1 Å². The van der Waals surface area contributed by atoms with Crippen LogP contribution < -0.4 is 5.32 Å². The molecule has 8 heteroatoms. The van der Waals surface area contributed by atoms with Crippen LogP contribution in [0.3, 0.4) is 0 Å². The van der Waals surface area contributed by atoms with Crippen LogP contribution in [0.1, 0.15) is 33.1 Å². The van der Waals surface area contributed by atoms with Crippen LogP contribution in [0.15, 0.2) is 36.5 Å². The first kappa shape index (κ1) is 22.7. The van der Waals surface area contributed by atoms with Crippen molar-refractivity contribution in [1.82, 2.24) is 14.8 Å². The number of halogens is 2. The number of nitrogens with zero attached hydrogens (tertiary/aromatic N) is 3. The van der Waals surface area contributed by atoms with Crippen molar-refractivity contribution in [3.05, 3.63) is 48.2 Å². The highest BCUT2D eigenvalue weighted by Crippen LogP contribution is 2.32. The van der Waals surface area contributed by atoms with Gasteiger partial charge in [0.1, 0.15) is 11.6 Å². The summed E-state index contributed by atoms with van der Waals surface area (Å²) in [6, 6.07) is 6.13. The molecule has 0 bridgehead atoms. The minimum absolute atomic E-state index is 0. The number of aromatic nitrogens is 1. The van der Waals surface area contributed by atoms with Gasteiger partial charge in [0.25, 0.3) is 0 Å². The number of nitrogens with one attached hydrogen (secondary N) is 1. The second-order valence-corrected chi connectivity index (χ2v) is 7.93. The lowest BCUT2D eigenvalue weighted by molar-refractivity contribution is -0.133. The number of carbonyl (C=O) groups excluding carboxylic acids is 2. The van der Waals surface area contributed by atoms with Gasteiger partial charge in [0.15, 0.2) is 0 Å². The van der Waals surface area contributed by atoms with Crippen LogP contribution >= 0.6 is 0 Å². The lowest BCUT2D eigenvalue weighted by atomic mass is 10.0. The lowest BCUT2D eigenvalue weighted by Gasteiger charge is -2.36. The number of pyridine rings is 1. The molecule has 1 aliphatic carbocycles. The van der Waals surface area contributed by atoms with E-state index in [0.29, 0.717) is 18.8 Å². The third-order valence-corrected chi connectivity index (χ3v) is 5.79. The fraction of sp³-hybridized carbons (Fsp3) is 0.435. The average molecular weight is 430 g/mol. The van der Waals surface area contributed by atoms with Crippen LogP contribution in [-0.2, 0) is 4.79 Å². The number of benzene rings is 1. The monoisotopic (exact) mass is 430 g/mol. The summed E-state index contributed by atoms with van der Waals surface area (Å²) < 4.78 is 27.3. The molecule has 2 heterocycles. The number of urea groups is 1. The van der Waals surface area contributed by atoms with Crippen LogP contribution in [0.2, 0.25) is 0 Å². The summed E-state index contributed by atoms with van der Waals surface area (Å²) in [5, 5.41) is 2.78. The Morgan fingerprint density at radius 1 is 1.10 bits per heavy atom. The number of likely N-dealkylation sites (tertiary alicyclic amines) is 1. The van der Waals surface area contributed by atoms with Crippen molar-refractivity contribution >= 4 is 17.6 Å². The van der Waals surface area contributed by atoms with Crippen LogP contribution in [0.25, 0.3) is 11.3 Å². The van der Waals surface area contributed by atoms with Gasteiger partial charge in [-0.15, -0.1) is 0 Å². The molecule has 2 aromatic rings. The van der Waals surface area contributed by atoms with Crippen LogP contribution in [0, 0.1) is 17.6 Å². The van der Waals surface area contributed by atoms with Gasteiger partial charge >= 0.3 is 6.03 Å². The molecule has 2 aliphatic rings. The summed E-state index contributed by atoms with van der Waals surface area (Å²) in [6.45, 7) is 1.35. The molecule has 1 N–H and O–H groups in total. The van der Waals surface area contributed by atoms with Gasteiger partial charge in [-0.1, -0.05) is 7.43 Å². The topological polar surface area (TPSA) is 65.5 Å². The Hall–Kier alpha value is -3.03. The summed E-state index contributed by atoms with van der Waals surface area (Å²) in [6.07, 6.45) is 4.92. The van der Waals surface area contributed by atoms with E-state index < -0.39 is 11.6 Å². The molecule has 1 aromatic heterocycles. The molecule has 3 amide bonds. The largest absolute Gasteiger partial charge is 0.342 e. The summed E-state index contributed by atoms with van der Waals surface area (Å²) in [5.41, 5.74) is 0.817. The third kappa shape index (κ3) is 5.18. The number of anilines is 1. The van der Waals surface area contributed by atoms with E-state index in [0.717, 1.165) is 43.9 Å². The summed E-state index contributed by atoms with van der Waals surface area (Å²) in [4.78, 5) is 32.5. The molecular weight excluding hydrogens is 402 g/mol. The van der Waals surface area contributed by atoms with Gasteiger partial charge in [-0.3, -0.25) is 9.78 Å². The number of piperidine rings is 1. The predicted octanol–water partition coefficient (Wildman–Crippen LogP) is 4.53.